The molecule has 1 N–H and O–H groups in total. The van der Waals surface area contributed by atoms with Crippen molar-refractivity contribution >= 4 is 0 Å². The van der Waals surface area contributed by atoms with Gasteiger partial charge in [-0.2, -0.15) is 0 Å². The van der Waals surface area contributed by atoms with E-state index in [0.29, 0.717) is 12.0 Å². The number of aliphatic hydroxyl groups is 1. The van der Waals surface area contributed by atoms with E-state index in [4.69, 9.17) is 0 Å². The lowest BCUT2D eigenvalue weighted by Gasteiger charge is -2.20. The molecule has 0 saturated heterocycles. The van der Waals surface area contributed by atoms with Gasteiger partial charge in [-0.15, -0.1) is 0 Å². The van der Waals surface area contributed by atoms with E-state index in [1.54, 1.807) is 0 Å². The number of halogens is 1. The van der Waals surface area contributed by atoms with Gasteiger partial charge in [-0.1, -0.05) is 26.8 Å². The van der Waals surface area contributed by atoms with Gasteiger partial charge >= 0.3 is 0 Å². The van der Waals surface area contributed by atoms with Gasteiger partial charge in [0.1, 0.15) is 5.82 Å². The van der Waals surface area contributed by atoms with Gasteiger partial charge in [0, 0.05) is 0 Å². The molecule has 0 aliphatic rings. The normalized spacial score (nSPS) is 13.9. The highest BCUT2D eigenvalue weighted by molar-refractivity contribution is 5.25. The maximum Gasteiger partial charge on any atom is 0.123 e. The smallest absolute Gasteiger partial charge is 0.123 e. The number of benzene rings is 1. The van der Waals surface area contributed by atoms with Gasteiger partial charge in [-0.25, -0.2) is 4.39 Å². The van der Waals surface area contributed by atoms with Crippen molar-refractivity contribution < 1.29 is 9.50 Å². The summed E-state index contributed by atoms with van der Waals surface area (Å²) in [5, 5.41) is 9.97. The molecule has 0 bridgehead atoms. The maximum atomic E-state index is 13.2. The van der Waals surface area contributed by atoms with Gasteiger partial charge in [0.15, 0.2) is 0 Å². The number of hydrogen-bond donors (Lipinski definition) is 1. The Balaban J connectivity index is 2.69. The van der Waals surface area contributed by atoms with Crippen LogP contribution in [0.3, 0.4) is 0 Å². The Hall–Kier alpha value is -0.890. The molecule has 90 valence electrons. The summed E-state index contributed by atoms with van der Waals surface area (Å²) in [7, 11) is 0. The van der Waals surface area contributed by atoms with Crippen molar-refractivity contribution in [3.63, 3.8) is 0 Å². The Morgan fingerprint density at radius 3 is 2.38 bits per heavy atom. The van der Waals surface area contributed by atoms with Crippen LogP contribution in [0.4, 0.5) is 4.39 Å². The monoisotopic (exact) mass is 224 g/mol. The molecule has 0 fully saturated rings. The molecule has 0 spiro atoms. The van der Waals surface area contributed by atoms with Crippen LogP contribution < -0.4 is 0 Å². The summed E-state index contributed by atoms with van der Waals surface area (Å²) >= 11 is 0. The molecule has 1 aromatic rings. The number of aliphatic hydroxyl groups excluding tert-OH is 1. The summed E-state index contributed by atoms with van der Waals surface area (Å²) in [5.41, 5.74) is 1.73. The SMILES string of the molecule is Cc1cc(F)cc(C(O)CCC(C)(C)C)c1. The lowest BCUT2D eigenvalue weighted by atomic mass is 9.88. The molecule has 2 heteroatoms. The lowest BCUT2D eigenvalue weighted by Crippen LogP contribution is -2.08. The van der Waals surface area contributed by atoms with Gasteiger partial charge in [-0.05, 0) is 48.4 Å². The molecule has 1 aromatic carbocycles. The van der Waals surface area contributed by atoms with Crippen molar-refractivity contribution in [2.75, 3.05) is 0 Å². The van der Waals surface area contributed by atoms with Gasteiger partial charge in [0.25, 0.3) is 0 Å². The predicted octanol–water partition coefficient (Wildman–Crippen LogP) is 3.99. The molecule has 0 aliphatic carbocycles. The molecule has 0 heterocycles. The van der Waals surface area contributed by atoms with E-state index in [2.05, 4.69) is 20.8 Å². The van der Waals surface area contributed by atoms with Crippen LogP contribution in [0.15, 0.2) is 18.2 Å². The Kier molecular flexibility index (Phi) is 4.09. The van der Waals surface area contributed by atoms with Crippen LogP contribution >= 0.6 is 0 Å². The molecular weight excluding hydrogens is 203 g/mol. The molecule has 1 nitrogen and oxygen atoms in total. The minimum atomic E-state index is -0.561. The molecule has 16 heavy (non-hydrogen) atoms. The van der Waals surface area contributed by atoms with Gasteiger partial charge in [0.05, 0.1) is 6.10 Å². The molecule has 0 saturated carbocycles. The number of aryl methyl sites for hydroxylation is 1. The van der Waals surface area contributed by atoms with Crippen LogP contribution in [0.5, 0.6) is 0 Å². The fourth-order valence-corrected chi connectivity index (χ4v) is 1.69. The second-order valence-electron chi connectivity index (χ2n) is 5.68. The van der Waals surface area contributed by atoms with E-state index in [1.165, 1.54) is 12.1 Å². The zero-order valence-corrected chi connectivity index (χ0v) is 10.5. The minimum absolute atomic E-state index is 0.198. The zero-order chi connectivity index (χ0) is 12.3. The summed E-state index contributed by atoms with van der Waals surface area (Å²) < 4.78 is 13.2. The average Bonchev–Trinajstić information content (AvgIpc) is 2.11. The fourth-order valence-electron chi connectivity index (χ4n) is 1.69. The van der Waals surface area contributed by atoms with Crippen LogP contribution in [0.2, 0.25) is 0 Å². The van der Waals surface area contributed by atoms with Gasteiger partial charge < -0.3 is 5.11 Å². The van der Waals surface area contributed by atoms with Crippen LogP contribution in [0, 0.1) is 18.2 Å². The molecule has 0 aliphatic heterocycles. The van der Waals surface area contributed by atoms with Crippen molar-refractivity contribution in [2.24, 2.45) is 5.41 Å². The fraction of sp³-hybridized carbons (Fsp3) is 0.571. The van der Waals surface area contributed by atoms with Crippen molar-refractivity contribution in [2.45, 2.75) is 46.6 Å². The van der Waals surface area contributed by atoms with E-state index in [0.717, 1.165) is 12.0 Å². The quantitative estimate of drug-likeness (QED) is 0.823. The molecule has 1 unspecified atom stereocenters. The molecule has 0 aromatic heterocycles. The summed E-state index contributed by atoms with van der Waals surface area (Å²) in [6, 6.07) is 4.73. The zero-order valence-electron chi connectivity index (χ0n) is 10.5. The summed E-state index contributed by atoms with van der Waals surface area (Å²) in [6.45, 7) is 8.24. The first-order valence-corrected chi connectivity index (χ1v) is 5.73. The van der Waals surface area contributed by atoms with Crippen molar-refractivity contribution in [3.8, 4) is 0 Å². The summed E-state index contributed by atoms with van der Waals surface area (Å²) in [4.78, 5) is 0. The number of rotatable bonds is 3. The van der Waals surface area contributed by atoms with E-state index in [-0.39, 0.29) is 11.2 Å². The van der Waals surface area contributed by atoms with Crippen LogP contribution in [-0.2, 0) is 0 Å². The molecule has 1 atom stereocenters. The Labute approximate surface area is 97.3 Å². The number of hydrogen-bond acceptors (Lipinski definition) is 1. The Morgan fingerprint density at radius 1 is 1.25 bits per heavy atom. The van der Waals surface area contributed by atoms with Crippen LogP contribution in [0.1, 0.15) is 50.8 Å². The van der Waals surface area contributed by atoms with Crippen LogP contribution in [0.25, 0.3) is 0 Å². The third-order valence-electron chi connectivity index (χ3n) is 2.62. The van der Waals surface area contributed by atoms with E-state index >= 15 is 0 Å². The van der Waals surface area contributed by atoms with E-state index < -0.39 is 6.10 Å². The summed E-state index contributed by atoms with van der Waals surface area (Å²) in [6.07, 6.45) is 1.03. The molecule has 0 radical (unpaired) electrons. The Morgan fingerprint density at radius 2 is 1.88 bits per heavy atom. The first-order valence-electron chi connectivity index (χ1n) is 5.73. The third-order valence-corrected chi connectivity index (χ3v) is 2.62. The topological polar surface area (TPSA) is 20.2 Å². The highest BCUT2D eigenvalue weighted by Crippen LogP contribution is 2.27. The molecular formula is C14H21FO. The third kappa shape index (κ3) is 4.31. The van der Waals surface area contributed by atoms with Crippen molar-refractivity contribution in [1.29, 1.82) is 0 Å². The minimum Gasteiger partial charge on any atom is -0.388 e. The lowest BCUT2D eigenvalue weighted by molar-refractivity contribution is 0.147. The van der Waals surface area contributed by atoms with Gasteiger partial charge in [0.2, 0.25) is 0 Å². The van der Waals surface area contributed by atoms with Crippen molar-refractivity contribution in [1.82, 2.24) is 0 Å². The van der Waals surface area contributed by atoms with E-state index in [1.807, 2.05) is 13.0 Å². The Bertz CT molecular complexity index is 332. The van der Waals surface area contributed by atoms with Gasteiger partial charge in [-0.3, -0.25) is 0 Å². The highest BCUT2D eigenvalue weighted by Gasteiger charge is 2.15. The second-order valence-corrected chi connectivity index (χ2v) is 5.68. The van der Waals surface area contributed by atoms with Crippen molar-refractivity contribution in [3.05, 3.63) is 35.1 Å². The average molecular weight is 224 g/mol. The first-order chi connectivity index (χ1) is 7.28. The second kappa shape index (κ2) is 4.96. The predicted molar refractivity (Wildman–Crippen MR) is 64.8 cm³/mol. The first kappa shape index (κ1) is 13.2. The molecule has 0 amide bonds. The molecule has 1 rings (SSSR count). The standard InChI is InChI=1S/C14H21FO/c1-10-7-11(9-12(15)8-10)13(16)5-6-14(2,3)4/h7-9,13,16H,5-6H2,1-4H3. The largest absolute Gasteiger partial charge is 0.388 e. The highest BCUT2D eigenvalue weighted by atomic mass is 19.1. The van der Waals surface area contributed by atoms with Crippen LogP contribution in [-0.4, -0.2) is 5.11 Å². The maximum absolute atomic E-state index is 13.2. The summed E-state index contributed by atoms with van der Waals surface area (Å²) in [5.74, 6) is -0.273. The van der Waals surface area contributed by atoms with E-state index in [9.17, 15) is 9.50 Å².